The summed E-state index contributed by atoms with van der Waals surface area (Å²) in [5, 5.41) is 4.61. The lowest BCUT2D eigenvalue weighted by Crippen LogP contribution is -2.21. The molecular weight excluding hydrogens is 320 g/mol. The highest BCUT2D eigenvalue weighted by Gasteiger charge is 2.22. The Morgan fingerprint density at radius 2 is 2.24 bits per heavy atom. The van der Waals surface area contributed by atoms with Crippen molar-refractivity contribution < 1.29 is 9.47 Å². The molecule has 3 heterocycles. The van der Waals surface area contributed by atoms with Crippen molar-refractivity contribution in [3.63, 3.8) is 0 Å². The number of nitrogens with zero attached hydrogens (tertiary/aromatic N) is 4. The topological polar surface area (TPSA) is 71.2 Å². The van der Waals surface area contributed by atoms with Gasteiger partial charge < -0.3 is 9.47 Å². The Morgan fingerprint density at radius 3 is 3.04 bits per heavy atom. The second kappa shape index (κ2) is 5.91. The van der Waals surface area contributed by atoms with Crippen LogP contribution in [-0.4, -0.2) is 32.0 Å². The molecule has 1 atom stereocenters. The number of hydrogen-bond donors (Lipinski definition) is 0. The minimum atomic E-state index is -0.115. The molecule has 0 spiro atoms. The number of benzene rings is 1. The maximum absolute atomic E-state index is 12.7. The molecule has 1 aliphatic heterocycles. The minimum Gasteiger partial charge on any atom is -0.494 e. The summed E-state index contributed by atoms with van der Waals surface area (Å²) in [6.07, 6.45) is 4.14. The van der Waals surface area contributed by atoms with Gasteiger partial charge in [-0.25, -0.2) is 4.98 Å². The Labute approximate surface area is 144 Å². The molecule has 7 heteroatoms. The highest BCUT2D eigenvalue weighted by molar-refractivity contribution is 5.72. The molecule has 0 aliphatic carbocycles. The first-order chi connectivity index (χ1) is 12.1. The van der Waals surface area contributed by atoms with Crippen LogP contribution in [0.25, 0.3) is 11.0 Å². The summed E-state index contributed by atoms with van der Waals surface area (Å²) >= 11 is 0. The number of fused-ring (bicyclic) bond motifs is 2. The lowest BCUT2D eigenvalue weighted by molar-refractivity contribution is 0.254. The van der Waals surface area contributed by atoms with E-state index in [1.54, 1.807) is 28.8 Å². The molecule has 0 radical (unpaired) electrons. The van der Waals surface area contributed by atoms with Crippen molar-refractivity contribution >= 4 is 11.0 Å². The van der Waals surface area contributed by atoms with Gasteiger partial charge in [0.05, 0.1) is 19.3 Å². The molecule has 0 saturated carbocycles. The Bertz CT molecular complexity index is 1010. The normalized spacial score (nSPS) is 16.0. The van der Waals surface area contributed by atoms with Crippen LogP contribution >= 0.6 is 0 Å². The van der Waals surface area contributed by atoms with E-state index in [9.17, 15) is 4.79 Å². The van der Waals surface area contributed by atoms with E-state index in [-0.39, 0.29) is 11.7 Å². The fraction of sp³-hybridized carbons (Fsp3) is 0.389. The Morgan fingerprint density at radius 1 is 1.40 bits per heavy atom. The second-order valence-electron chi connectivity index (χ2n) is 6.32. The van der Waals surface area contributed by atoms with Gasteiger partial charge in [0.25, 0.3) is 5.56 Å². The zero-order valence-corrected chi connectivity index (χ0v) is 14.5. The molecule has 2 aromatic heterocycles. The third-order valence-electron chi connectivity index (χ3n) is 4.44. The minimum absolute atomic E-state index is 0.115. The van der Waals surface area contributed by atoms with E-state index in [2.05, 4.69) is 10.1 Å². The third kappa shape index (κ3) is 2.65. The largest absolute Gasteiger partial charge is 0.494 e. The molecule has 0 amide bonds. The van der Waals surface area contributed by atoms with Crippen LogP contribution < -0.4 is 15.0 Å². The first-order valence-electron chi connectivity index (χ1n) is 8.39. The van der Waals surface area contributed by atoms with Crippen LogP contribution in [0.15, 0.2) is 29.5 Å². The van der Waals surface area contributed by atoms with Crippen LogP contribution in [0, 0.1) is 0 Å². The summed E-state index contributed by atoms with van der Waals surface area (Å²) in [6.45, 7) is 4.93. The van der Waals surface area contributed by atoms with Gasteiger partial charge in [0, 0.05) is 24.6 Å². The van der Waals surface area contributed by atoms with Crippen molar-refractivity contribution in [1.29, 1.82) is 0 Å². The molecule has 0 unspecified atom stereocenters. The first-order valence-corrected chi connectivity index (χ1v) is 8.39. The van der Waals surface area contributed by atoms with Crippen molar-refractivity contribution in [2.75, 3.05) is 6.61 Å². The maximum atomic E-state index is 12.7. The fourth-order valence-electron chi connectivity index (χ4n) is 3.26. The second-order valence-corrected chi connectivity index (χ2v) is 6.32. The van der Waals surface area contributed by atoms with Gasteiger partial charge in [-0.2, -0.15) is 5.10 Å². The molecule has 0 N–H and O–H groups in total. The average Bonchev–Trinajstić information content (AvgIpc) is 3.13. The number of hydrogen-bond acceptors (Lipinski definition) is 5. The SMILES string of the molecule is CCOc1cc2c(cc1Cn1cnc3c(cnn3C)c1=O)O[C@@H](C)C2. The highest BCUT2D eigenvalue weighted by Crippen LogP contribution is 2.35. The summed E-state index contributed by atoms with van der Waals surface area (Å²) in [5.74, 6) is 1.66. The van der Waals surface area contributed by atoms with Gasteiger partial charge >= 0.3 is 0 Å². The van der Waals surface area contributed by atoms with Crippen molar-refractivity contribution in [1.82, 2.24) is 19.3 Å². The van der Waals surface area contributed by atoms with E-state index in [1.165, 1.54) is 0 Å². The third-order valence-corrected chi connectivity index (χ3v) is 4.44. The Balaban J connectivity index is 1.76. The number of aromatic nitrogens is 4. The molecule has 7 nitrogen and oxygen atoms in total. The number of rotatable bonds is 4. The monoisotopic (exact) mass is 340 g/mol. The van der Waals surface area contributed by atoms with Crippen LogP contribution in [0.4, 0.5) is 0 Å². The van der Waals surface area contributed by atoms with E-state index in [0.29, 0.717) is 24.2 Å². The Hall–Kier alpha value is -2.83. The van der Waals surface area contributed by atoms with Crippen LogP contribution in [0.2, 0.25) is 0 Å². The summed E-state index contributed by atoms with van der Waals surface area (Å²) in [5.41, 5.74) is 2.52. The number of ether oxygens (including phenoxy) is 2. The number of aryl methyl sites for hydroxylation is 1. The average molecular weight is 340 g/mol. The van der Waals surface area contributed by atoms with Crippen LogP contribution in [0.3, 0.4) is 0 Å². The van der Waals surface area contributed by atoms with Crippen LogP contribution in [0.5, 0.6) is 11.5 Å². The van der Waals surface area contributed by atoms with Crippen molar-refractivity contribution in [2.24, 2.45) is 7.05 Å². The molecule has 1 aromatic carbocycles. The van der Waals surface area contributed by atoms with Gasteiger partial charge in [0.1, 0.15) is 29.3 Å². The molecule has 1 aliphatic rings. The van der Waals surface area contributed by atoms with Gasteiger partial charge in [0.2, 0.25) is 0 Å². The zero-order chi connectivity index (χ0) is 17.6. The molecule has 4 rings (SSSR count). The molecule has 3 aromatic rings. The van der Waals surface area contributed by atoms with Gasteiger partial charge in [-0.15, -0.1) is 0 Å². The van der Waals surface area contributed by atoms with E-state index in [0.717, 1.165) is 29.0 Å². The van der Waals surface area contributed by atoms with E-state index < -0.39 is 0 Å². The molecule has 25 heavy (non-hydrogen) atoms. The summed E-state index contributed by atoms with van der Waals surface area (Å²) in [4.78, 5) is 17.0. The summed E-state index contributed by atoms with van der Waals surface area (Å²) < 4.78 is 14.8. The molecule has 0 saturated heterocycles. The van der Waals surface area contributed by atoms with E-state index >= 15 is 0 Å². The summed E-state index contributed by atoms with van der Waals surface area (Å²) in [6, 6.07) is 4.00. The van der Waals surface area contributed by atoms with Gasteiger partial charge in [-0.05, 0) is 26.0 Å². The molecule has 0 fully saturated rings. The van der Waals surface area contributed by atoms with Crippen molar-refractivity contribution in [2.45, 2.75) is 32.9 Å². The predicted octanol–water partition coefficient (Wildman–Crippen LogP) is 1.90. The zero-order valence-electron chi connectivity index (χ0n) is 14.5. The smallest absolute Gasteiger partial charge is 0.264 e. The van der Waals surface area contributed by atoms with Crippen LogP contribution in [0.1, 0.15) is 25.0 Å². The lowest BCUT2D eigenvalue weighted by atomic mass is 10.1. The molecular formula is C18H20N4O3. The van der Waals surface area contributed by atoms with Crippen LogP contribution in [-0.2, 0) is 20.0 Å². The van der Waals surface area contributed by atoms with Gasteiger partial charge in [-0.3, -0.25) is 14.0 Å². The van der Waals surface area contributed by atoms with Gasteiger partial charge in [-0.1, -0.05) is 0 Å². The van der Waals surface area contributed by atoms with E-state index in [1.807, 2.05) is 26.0 Å². The summed E-state index contributed by atoms with van der Waals surface area (Å²) in [7, 11) is 1.77. The Kier molecular flexibility index (Phi) is 3.71. The van der Waals surface area contributed by atoms with E-state index in [4.69, 9.17) is 9.47 Å². The quantitative estimate of drug-likeness (QED) is 0.725. The molecule has 0 bridgehead atoms. The lowest BCUT2D eigenvalue weighted by Gasteiger charge is -2.13. The first kappa shape index (κ1) is 15.7. The van der Waals surface area contributed by atoms with Crippen molar-refractivity contribution in [3.8, 4) is 11.5 Å². The predicted molar refractivity (Wildman–Crippen MR) is 93.3 cm³/mol. The highest BCUT2D eigenvalue weighted by atomic mass is 16.5. The standard InChI is InChI=1S/C18H20N4O3/c1-4-24-15-6-12-5-11(2)25-16(12)7-13(15)9-22-10-19-17-14(18(22)23)8-20-21(17)3/h6-8,10-11H,4-5,9H2,1-3H3/t11-/m0/s1. The van der Waals surface area contributed by atoms with Gasteiger partial charge in [0.15, 0.2) is 5.65 Å². The van der Waals surface area contributed by atoms with Crippen molar-refractivity contribution in [3.05, 3.63) is 46.1 Å². The molecule has 130 valence electrons. The maximum Gasteiger partial charge on any atom is 0.264 e. The fourth-order valence-corrected chi connectivity index (χ4v) is 3.26.